The van der Waals surface area contributed by atoms with Gasteiger partial charge in [-0.3, -0.25) is 0 Å². The number of methoxy groups -OCH3 is 1. The van der Waals surface area contributed by atoms with E-state index >= 15 is 0 Å². The van der Waals surface area contributed by atoms with Crippen LogP contribution in [-0.2, 0) is 10.2 Å². The number of nitrogens with one attached hydrogen (secondary N) is 1. The fourth-order valence-corrected chi connectivity index (χ4v) is 4.63. The molecule has 2 rings (SSSR count). The molecule has 1 aromatic rings. The van der Waals surface area contributed by atoms with Crippen LogP contribution in [0.3, 0.4) is 0 Å². The third-order valence-corrected chi connectivity index (χ3v) is 5.97. The van der Waals surface area contributed by atoms with Gasteiger partial charge >= 0.3 is 0 Å². The molecule has 1 aromatic carbocycles. The van der Waals surface area contributed by atoms with E-state index in [1.807, 2.05) is 38.1 Å². The van der Waals surface area contributed by atoms with Gasteiger partial charge < -0.3 is 10.1 Å². The van der Waals surface area contributed by atoms with Crippen molar-refractivity contribution in [3.05, 3.63) is 29.8 Å². The van der Waals surface area contributed by atoms with Crippen LogP contribution in [0.15, 0.2) is 24.3 Å². The van der Waals surface area contributed by atoms with E-state index in [-0.39, 0.29) is 12.0 Å². The van der Waals surface area contributed by atoms with Crippen molar-refractivity contribution >= 4 is 10.2 Å². The highest BCUT2D eigenvalue weighted by atomic mass is 32.2. The summed E-state index contributed by atoms with van der Waals surface area (Å²) in [7, 11) is -0.249. The van der Waals surface area contributed by atoms with E-state index in [1.54, 1.807) is 18.5 Å². The van der Waals surface area contributed by atoms with Gasteiger partial charge in [-0.25, -0.2) is 0 Å². The van der Waals surface area contributed by atoms with E-state index in [4.69, 9.17) is 4.74 Å². The average Bonchev–Trinajstić information content (AvgIpc) is 2.54. The first-order chi connectivity index (χ1) is 10.9. The van der Waals surface area contributed by atoms with Crippen molar-refractivity contribution < 1.29 is 13.2 Å². The van der Waals surface area contributed by atoms with Gasteiger partial charge in [0.1, 0.15) is 5.75 Å². The van der Waals surface area contributed by atoms with Crippen molar-refractivity contribution in [3.8, 4) is 5.75 Å². The molecule has 1 aliphatic heterocycles. The minimum absolute atomic E-state index is 0.264. The SMILES string of the molecule is COc1ccccc1C1CNCCN1S(=O)(=O)N(C)CC(C)C. The summed E-state index contributed by atoms with van der Waals surface area (Å²) in [6.45, 7) is 6.22. The molecule has 1 unspecified atom stereocenters. The van der Waals surface area contributed by atoms with Gasteiger partial charge in [0, 0.05) is 38.8 Å². The number of rotatable bonds is 6. The monoisotopic (exact) mass is 341 g/mol. The Bertz CT molecular complexity index is 619. The Morgan fingerprint density at radius 1 is 1.39 bits per heavy atom. The number of hydrogen-bond donors (Lipinski definition) is 1. The van der Waals surface area contributed by atoms with Crippen LogP contribution in [0, 0.1) is 5.92 Å². The maximum atomic E-state index is 13.0. The lowest BCUT2D eigenvalue weighted by Gasteiger charge is -2.38. The highest BCUT2D eigenvalue weighted by molar-refractivity contribution is 7.86. The Morgan fingerprint density at radius 2 is 2.09 bits per heavy atom. The summed E-state index contributed by atoms with van der Waals surface area (Å²) in [6, 6.07) is 7.34. The zero-order valence-corrected chi connectivity index (χ0v) is 15.1. The Balaban J connectivity index is 2.35. The molecule has 1 fully saturated rings. The van der Waals surface area contributed by atoms with Gasteiger partial charge in [-0.1, -0.05) is 32.0 Å². The third-order valence-electron chi connectivity index (χ3n) is 4.00. The van der Waals surface area contributed by atoms with Crippen LogP contribution in [0.1, 0.15) is 25.5 Å². The number of ether oxygens (including phenoxy) is 1. The molecular weight excluding hydrogens is 314 g/mol. The van der Waals surface area contributed by atoms with E-state index in [1.165, 1.54) is 4.31 Å². The van der Waals surface area contributed by atoms with Crippen LogP contribution in [0.2, 0.25) is 0 Å². The van der Waals surface area contributed by atoms with Crippen LogP contribution in [0.25, 0.3) is 0 Å². The fraction of sp³-hybridized carbons (Fsp3) is 0.625. The molecule has 0 spiro atoms. The molecule has 0 aromatic heterocycles. The van der Waals surface area contributed by atoms with E-state index in [0.29, 0.717) is 31.9 Å². The molecule has 7 heteroatoms. The van der Waals surface area contributed by atoms with Crippen molar-refractivity contribution in [2.45, 2.75) is 19.9 Å². The number of hydrogen-bond acceptors (Lipinski definition) is 4. The summed E-state index contributed by atoms with van der Waals surface area (Å²) < 4.78 is 34.4. The van der Waals surface area contributed by atoms with Gasteiger partial charge in [-0.05, 0) is 12.0 Å². The second-order valence-corrected chi connectivity index (χ2v) is 8.24. The topological polar surface area (TPSA) is 61.9 Å². The molecule has 0 aliphatic carbocycles. The smallest absolute Gasteiger partial charge is 0.282 e. The Labute approximate surface area is 139 Å². The molecule has 6 nitrogen and oxygen atoms in total. The molecule has 0 saturated carbocycles. The molecule has 0 amide bonds. The van der Waals surface area contributed by atoms with Crippen LogP contribution in [0.4, 0.5) is 0 Å². The largest absolute Gasteiger partial charge is 0.496 e. The quantitative estimate of drug-likeness (QED) is 0.851. The first kappa shape index (κ1) is 18.2. The van der Waals surface area contributed by atoms with Gasteiger partial charge in [0.25, 0.3) is 10.2 Å². The second kappa shape index (κ2) is 7.61. The second-order valence-electron chi connectivity index (χ2n) is 6.25. The first-order valence-corrected chi connectivity index (χ1v) is 9.34. The highest BCUT2D eigenvalue weighted by Gasteiger charge is 2.37. The summed E-state index contributed by atoms with van der Waals surface area (Å²) in [5, 5.41) is 3.29. The predicted molar refractivity (Wildman–Crippen MR) is 91.7 cm³/mol. The van der Waals surface area contributed by atoms with Crippen molar-refractivity contribution in [1.82, 2.24) is 13.9 Å². The molecule has 1 aliphatic rings. The Morgan fingerprint density at radius 3 is 2.74 bits per heavy atom. The summed E-state index contributed by atoms with van der Waals surface area (Å²) in [6.07, 6.45) is 0. The lowest BCUT2D eigenvalue weighted by Crippen LogP contribution is -2.53. The van der Waals surface area contributed by atoms with Crippen molar-refractivity contribution in [1.29, 1.82) is 0 Å². The van der Waals surface area contributed by atoms with E-state index in [2.05, 4.69) is 5.32 Å². The lowest BCUT2D eigenvalue weighted by molar-refractivity contribution is 0.244. The summed E-state index contributed by atoms with van der Waals surface area (Å²) in [5.41, 5.74) is 0.892. The van der Waals surface area contributed by atoms with Gasteiger partial charge in [0.05, 0.1) is 13.2 Å². The summed E-state index contributed by atoms with van der Waals surface area (Å²) in [4.78, 5) is 0. The zero-order chi connectivity index (χ0) is 17.0. The van der Waals surface area contributed by atoms with Gasteiger partial charge in [0.15, 0.2) is 0 Å². The number of para-hydroxylation sites is 1. The van der Waals surface area contributed by atoms with Crippen LogP contribution >= 0.6 is 0 Å². The summed E-state index contributed by atoms with van der Waals surface area (Å²) in [5.74, 6) is 0.996. The van der Waals surface area contributed by atoms with Crippen LogP contribution in [-0.4, -0.2) is 57.4 Å². The van der Waals surface area contributed by atoms with E-state index in [9.17, 15) is 8.42 Å². The van der Waals surface area contributed by atoms with Crippen LogP contribution < -0.4 is 10.1 Å². The minimum Gasteiger partial charge on any atom is -0.496 e. The Hall–Kier alpha value is -1.15. The van der Waals surface area contributed by atoms with E-state index in [0.717, 1.165) is 5.56 Å². The molecule has 1 N–H and O–H groups in total. The van der Waals surface area contributed by atoms with Gasteiger partial charge in [-0.15, -0.1) is 0 Å². The number of benzene rings is 1. The van der Waals surface area contributed by atoms with Gasteiger partial charge in [-0.2, -0.15) is 17.0 Å². The van der Waals surface area contributed by atoms with E-state index < -0.39 is 10.2 Å². The maximum absolute atomic E-state index is 13.0. The first-order valence-electron chi connectivity index (χ1n) is 7.94. The number of nitrogens with zero attached hydrogens (tertiary/aromatic N) is 2. The molecular formula is C16H27N3O3S. The lowest BCUT2D eigenvalue weighted by atomic mass is 10.0. The zero-order valence-electron chi connectivity index (χ0n) is 14.3. The molecule has 0 radical (unpaired) electrons. The third kappa shape index (κ3) is 4.03. The fourth-order valence-electron chi connectivity index (χ4n) is 2.96. The maximum Gasteiger partial charge on any atom is 0.282 e. The molecule has 23 heavy (non-hydrogen) atoms. The molecule has 1 heterocycles. The molecule has 1 saturated heterocycles. The van der Waals surface area contributed by atoms with Crippen molar-refractivity contribution in [2.24, 2.45) is 5.92 Å². The molecule has 0 bridgehead atoms. The van der Waals surface area contributed by atoms with Crippen molar-refractivity contribution in [3.63, 3.8) is 0 Å². The number of piperazine rings is 1. The molecule has 130 valence electrons. The highest BCUT2D eigenvalue weighted by Crippen LogP contribution is 2.32. The van der Waals surface area contributed by atoms with Gasteiger partial charge in [0.2, 0.25) is 0 Å². The minimum atomic E-state index is -3.51. The molecule has 1 atom stereocenters. The Kier molecular flexibility index (Phi) is 6.02. The standard InChI is InChI=1S/C16H27N3O3S/c1-13(2)12-18(3)23(20,21)19-10-9-17-11-15(19)14-7-5-6-8-16(14)22-4/h5-8,13,15,17H,9-12H2,1-4H3. The summed E-state index contributed by atoms with van der Waals surface area (Å²) >= 11 is 0. The average molecular weight is 341 g/mol. The predicted octanol–water partition coefficient (Wildman–Crippen LogP) is 1.47. The normalized spacial score (nSPS) is 20.2. The van der Waals surface area contributed by atoms with Crippen molar-refractivity contribution in [2.75, 3.05) is 40.3 Å². The van der Waals surface area contributed by atoms with Crippen LogP contribution in [0.5, 0.6) is 5.75 Å².